The molecule has 0 aliphatic carbocycles. The van der Waals surface area contributed by atoms with Gasteiger partial charge in [0.25, 0.3) is 0 Å². The van der Waals surface area contributed by atoms with E-state index in [-0.39, 0.29) is 51.4 Å². The monoisotopic (exact) mass is 266 g/mol. The van der Waals surface area contributed by atoms with Gasteiger partial charge in [-0.1, -0.05) is 12.3 Å². The molecule has 0 saturated carbocycles. The predicted octanol–water partition coefficient (Wildman–Crippen LogP) is -1.01. The van der Waals surface area contributed by atoms with E-state index in [1.165, 1.54) is 0 Å². The van der Waals surface area contributed by atoms with Crippen molar-refractivity contribution in [1.29, 1.82) is 0 Å². The number of anilines is 1. The summed E-state index contributed by atoms with van der Waals surface area (Å²) < 4.78 is 0. The number of imidazole rings is 1. The van der Waals surface area contributed by atoms with Crippen molar-refractivity contribution >= 4 is 5.82 Å². The standard InChI is InChI=1S/C13H15N4.K/c1-2-6-14-12(3-1)17-9-4-11(5-10-17)13-15-7-8-16-13;/h1-3,6-7,11H,4-5,9-10H2,(H,15,16);/q-1;+1. The van der Waals surface area contributed by atoms with Crippen LogP contribution >= 0.6 is 0 Å². The minimum Gasteiger partial charge on any atom is -0.442 e. The van der Waals surface area contributed by atoms with Gasteiger partial charge in [-0.3, -0.25) is 0 Å². The Hall–Kier alpha value is -0.204. The van der Waals surface area contributed by atoms with E-state index in [1.807, 2.05) is 18.3 Å². The Kier molecular flexibility index (Phi) is 5.38. The third-order valence-electron chi connectivity index (χ3n) is 3.32. The Morgan fingerprint density at radius 1 is 1.28 bits per heavy atom. The van der Waals surface area contributed by atoms with Crippen molar-refractivity contribution in [3.05, 3.63) is 42.6 Å². The van der Waals surface area contributed by atoms with Crippen LogP contribution in [0.1, 0.15) is 24.6 Å². The SMILES string of the molecule is [K+].[c-]1c[nH]c(C2CCN(c3ccccn3)CC2)n1. The first-order valence-corrected chi connectivity index (χ1v) is 6.01. The van der Waals surface area contributed by atoms with Crippen molar-refractivity contribution in [2.45, 2.75) is 18.8 Å². The molecule has 3 heterocycles. The molecule has 2 aromatic heterocycles. The smallest absolute Gasteiger partial charge is 0.442 e. The molecule has 1 N–H and O–H groups in total. The summed E-state index contributed by atoms with van der Waals surface area (Å²) >= 11 is 0. The first-order valence-electron chi connectivity index (χ1n) is 6.01. The molecule has 2 aromatic rings. The van der Waals surface area contributed by atoms with Crippen LogP contribution in [0.15, 0.2) is 30.6 Å². The fourth-order valence-electron chi connectivity index (χ4n) is 2.37. The van der Waals surface area contributed by atoms with Crippen LogP contribution in [0.4, 0.5) is 5.82 Å². The molecule has 0 radical (unpaired) electrons. The second kappa shape index (κ2) is 6.82. The zero-order valence-electron chi connectivity index (χ0n) is 10.6. The average molecular weight is 266 g/mol. The largest absolute Gasteiger partial charge is 1.00 e. The molecule has 18 heavy (non-hydrogen) atoms. The van der Waals surface area contributed by atoms with Crippen molar-refractivity contribution in [1.82, 2.24) is 15.0 Å². The number of hydrogen-bond acceptors (Lipinski definition) is 3. The molecule has 0 aromatic carbocycles. The molecular formula is C13H15KN4. The number of nitrogens with zero attached hydrogens (tertiary/aromatic N) is 3. The quantitative estimate of drug-likeness (QED) is 0.560. The molecule has 1 fully saturated rings. The molecule has 0 spiro atoms. The number of pyridine rings is 1. The number of aromatic nitrogens is 3. The van der Waals surface area contributed by atoms with Crippen LogP contribution < -0.4 is 56.3 Å². The molecule has 88 valence electrons. The van der Waals surface area contributed by atoms with Gasteiger partial charge in [0.05, 0.1) is 0 Å². The zero-order chi connectivity index (χ0) is 11.5. The normalized spacial score (nSPS) is 16.3. The van der Waals surface area contributed by atoms with Gasteiger partial charge in [-0.05, 0) is 36.7 Å². The van der Waals surface area contributed by atoms with Crippen molar-refractivity contribution in [3.8, 4) is 0 Å². The van der Waals surface area contributed by atoms with Crippen LogP contribution in [0, 0.1) is 6.20 Å². The van der Waals surface area contributed by atoms with Gasteiger partial charge in [-0.25, -0.2) is 4.98 Å². The molecule has 1 aliphatic heterocycles. The zero-order valence-corrected chi connectivity index (χ0v) is 13.8. The van der Waals surface area contributed by atoms with Crippen LogP contribution in [0.3, 0.4) is 0 Å². The van der Waals surface area contributed by atoms with E-state index in [0.717, 1.165) is 37.6 Å². The molecule has 3 rings (SSSR count). The minimum atomic E-state index is 0. The Balaban J connectivity index is 0.00000120. The van der Waals surface area contributed by atoms with Crippen molar-refractivity contribution in [2.24, 2.45) is 0 Å². The topological polar surface area (TPSA) is 44.8 Å². The molecule has 0 atom stereocenters. The van der Waals surface area contributed by atoms with E-state index < -0.39 is 0 Å². The molecule has 1 saturated heterocycles. The summed E-state index contributed by atoms with van der Waals surface area (Å²) in [5.74, 6) is 2.70. The van der Waals surface area contributed by atoms with Crippen molar-refractivity contribution in [3.63, 3.8) is 0 Å². The summed E-state index contributed by atoms with van der Waals surface area (Å²) in [6.45, 7) is 2.09. The van der Waals surface area contributed by atoms with Gasteiger partial charge in [0, 0.05) is 19.3 Å². The molecule has 4 nitrogen and oxygen atoms in total. The molecule has 0 unspecified atom stereocenters. The third kappa shape index (κ3) is 3.22. The van der Waals surface area contributed by atoms with Crippen LogP contribution in [0.5, 0.6) is 0 Å². The van der Waals surface area contributed by atoms with E-state index in [2.05, 4.69) is 32.1 Å². The summed E-state index contributed by atoms with van der Waals surface area (Å²) in [5, 5.41) is 0. The Morgan fingerprint density at radius 2 is 2.11 bits per heavy atom. The number of piperidine rings is 1. The molecular weight excluding hydrogens is 251 g/mol. The molecule has 5 heteroatoms. The Morgan fingerprint density at radius 3 is 2.72 bits per heavy atom. The number of rotatable bonds is 2. The Labute approximate surface area is 150 Å². The maximum Gasteiger partial charge on any atom is 1.00 e. The van der Waals surface area contributed by atoms with E-state index >= 15 is 0 Å². The van der Waals surface area contributed by atoms with Crippen molar-refractivity contribution < 1.29 is 51.4 Å². The van der Waals surface area contributed by atoms with Crippen LogP contribution in [0.25, 0.3) is 0 Å². The van der Waals surface area contributed by atoms with E-state index in [0.29, 0.717) is 5.92 Å². The summed E-state index contributed by atoms with van der Waals surface area (Å²) in [4.78, 5) is 14.1. The van der Waals surface area contributed by atoms with Gasteiger partial charge in [0.2, 0.25) is 0 Å². The predicted molar refractivity (Wildman–Crippen MR) is 65.8 cm³/mol. The van der Waals surface area contributed by atoms with Crippen molar-refractivity contribution in [2.75, 3.05) is 18.0 Å². The number of aromatic amines is 1. The second-order valence-electron chi connectivity index (χ2n) is 4.36. The van der Waals surface area contributed by atoms with Gasteiger partial charge < -0.3 is 14.9 Å². The summed E-state index contributed by atoms with van der Waals surface area (Å²) in [7, 11) is 0. The third-order valence-corrected chi connectivity index (χ3v) is 3.32. The van der Waals surface area contributed by atoms with Gasteiger partial charge in [-0.2, -0.15) is 0 Å². The average Bonchev–Trinajstić information content (AvgIpc) is 2.94. The van der Waals surface area contributed by atoms with Crippen LogP contribution in [-0.2, 0) is 0 Å². The number of H-pyrrole nitrogens is 1. The minimum absolute atomic E-state index is 0. The molecule has 0 amide bonds. The van der Waals surface area contributed by atoms with Gasteiger partial charge >= 0.3 is 51.4 Å². The summed E-state index contributed by atoms with van der Waals surface area (Å²) in [6, 6.07) is 6.06. The van der Waals surface area contributed by atoms with E-state index in [9.17, 15) is 0 Å². The molecule has 0 bridgehead atoms. The fraction of sp³-hybridized carbons (Fsp3) is 0.385. The second-order valence-corrected chi connectivity index (χ2v) is 4.36. The maximum atomic E-state index is 4.39. The van der Waals surface area contributed by atoms with Gasteiger partial charge in [0.15, 0.2) is 0 Å². The molecule has 1 aliphatic rings. The van der Waals surface area contributed by atoms with Crippen LogP contribution in [0.2, 0.25) is 0 Å². The van der Waals surface area contributed by atoms with E-state index in [4.69, 9.17) is 0 Å². The first-order chi connectivity index (χ1) is 8.43. The summed E-state index contributed by atoms with van der Waals surface area (Å²) in [5.41, 5.74) is 0. The summed E-state index contributed by atoms with van der Waals surface area (Å²) in [6.07, 6.45) is 8.71. The van der Waals surface area contributed by atoms with E-state index in [1.54, 1.807) is 6.20 Å². The number of nitrogens with one attached hydrogen (secondary N) is 1. The number of hydrogen-bond donors (Lipinski definition) is 1. The van der Waals surface area contributed by atoms with Crippen LogP contribution in [-0.4, -0.2) is 28.0 Å². The Bertz CT molecular complexity index is 449. The van der Waals surface area contributed by atoms with Gasteiger partial charge in [0.1, 0.15) is 5.82 Å². The maximum absolute atomic E-state index is 4.39. The van der Waals surface area contributed by atoms with Gasteiger partial charge in [-0.15, -0.1) is 6.20 Å². The first kappa shape index (κ1) is 14.2. The fourth-order valence-corrected chi connectivity index (χ4v) is 2.37.